The van der Waals surface area contributed by atoms with Crippen LogP contribution in [-0.2, 0) is 0 Å². The van der Waals surface area contributed by atoms with Crippen molar-refractivity contribution in [1.29, 1.82) is 0 Å². The average Bonchev–Trinajstić information content (AvgIpc) is 1.47. The van der Waals surface area contributed by atoms with E-state index in [2.05, 4.69) is 12.8 Å². The van der Waals surface area contributed by atoms with Gasteiger partial charge in [0.25, 0.3) is 0 Å². The Morgan fingerprint density at radius 3 is 2.25 bits per heavy atom. The Morgan fingerprint density at radius 1 is 1.38 bits per heavy atom. The molecule has 8 heavy (non-hydrogen) atoms. The lowest BCUT2D eigenvalue weighted by molar-refractivity contribution is 0.249. The first-order valence-corrected chi connectivity index (χ1v) is 3.63. The van der Waals surface area contributed by atoms with Crippen LogP contribution in [0.5, 0.6) is 0 Å². The van der Waals surface area contributed by atoms with Gasteiger partial charge in [0.15, 0.2) is 0 Å². The van der Waals surface area contributed by atoms with Gasteiger partial charge >= 0.3 is 0 Å². The van der Waals surface area contributed by atoms with E-state index in [4.69, 9.17) is 0 Å². The van der Waals surface area contributed by atoms with Gasteiger partial charge in [-0.25, -0.2) is 0 Å². The van der Waals surface area contributed by atoms with Crippen molar-refractivity contribution in [3.05, 3.63) is 12.8 Å². The van der Waals surface area contributed by atoms with Crippen LogP contribution in [0.3, 0.4) is 0 Å². The van der Waals surface area contributed by atoms with E-state index >= 15 is 0 Å². The first-order chi connectivity index (χ1) is 3.97. The van der Waals surface area contributed by atoms with Gasteiger partial charge in [0, 0.05) is 6.42 Å². The summed E-state index contributed by atoms with van der Waals surface area (Å²) in [7, 11) is 0. The maximum atomic E-state index is 2.47. The molecule has 2 unspecified atom stereocenters. The molecule has 0 bridgehead atoms. The van der Waals surface area contributed by atoms with Gasteiger partial charge in [0.1, 0.15) is 0 Å². The van der Waals surface area contributed by atoms with Crippen molar-refractivity contribution in [1.82, 2.24) is 0 Å². The lowest BCUT2D eigenvalue weighted by Gasteiger charge is -2.42. The molecule has 2 rings (SSSR count). The van der Waals surface area contributed by atoms with Crippen LogP contribution in [0.2, 0.25) is 0 Å². The first kappa shape index (κ1) is 4.72. The third kappa shape index (κ3) is 0.553. The highest BCUT2D eigenvalue weighted by Gasteiger charge is 2.32. The van der Waals surface area contributed by atoms with Crippen LogP contribution < -0.4 is 0 Å². The van der Waals surface area contributed by atoms with Gasteiger partial charge in [-0.05, 0) is 0 Å². The Hall–Kier alpha value is -0.130. The molecule has 0 aliphatic heterocycles. The predicted molar refractivity (Wildman–Crippen MR) is 34.0 cm³/mol. The highest BCUT2D eigenvalue weighted by Crippen LogP contribution is 2.42. The second-order valence-electron chi connectivity index (χ2n) is 2.95. The molecular formula is C8H12. The van der Waals surface area contributed by atoms with Crippen LogP contribution >= 0.6 is 0 Å². The molecule has 0 heterocycles. The molecule has 0 saturated heterocycles. The van der Waals surface area contributed by atoms with E-state index < -0.39 is 0 Å². The smallest absolute Gasteiger partial charge is 0.0920 e. The molecule has 2 aliphatic rings. The highest BCUT2D eigenvalue weighted by molar-refractivity contribution is 5.01. The Kier molecular flexibility index (Phi) is 0.991. The molecule has 0 aromatic carbocycles. The van der Waals surface area contributed by atoms with Crippen molar-refractivity contribution in [3.63, 3.8) is 0 Å². The summed E-state index contributed by atoms with van der Waals surface area (Å²) in [4.78, 5) is 0. The molecule has 0 radical (unpaired) electrons. The minimum absolute atomic E-state index is 1.00. The largest absolute Gasteiger partial charge is 0.321 e. The van der Waals surface area contributed by atoms with Crippen molar-refractivity contribution in [2.24, 2.45) is 11.8 Å². The van der Waals surface area contributed by atoms with E-state index in [0.717, 1.165) is 11.8 Å². The summed E-state index contributed by atoms with van der Waals surface area (Å²) in [5.41, 5.74) is 0. The third-order valence-corrected chi connectivity index (χ3v) is 2.49. The van der Waals surface area contributed by atoms with Crippen LogP contribution in [0, 0.1) is 24.7 Å². The molecular weight excluding hydrogens is 96.1 g/mol. The SMILES string of the molecule is [CH+]1CCC1C1[CH-]CC1. The minimum Gasteiger partial charge on any atom is -0.321 e. The van der Waals surface area contributed by atoms with Crippen molar-refractivity contribution < 1.29 is 0 Å². The minimum atomic E-state index is 1.00. The van der Waals surface area contributed by atoms with Crippen LogP contribution in [0.1, 0.15) is 25.7 Å². The van der Waals surface area contributed by atoms with Gasteiger partial charge in [-0.1, -0.05) is 0 Å². The van der Waals surface area contributed by atoms with E-state index in [9.17, 15) is 0 Å². The second kappa shape index (κ2) is 1.68. The number of rotatable bonds is 1. The summed E-state index contributed by atoms with van der Waals surface area (Å²) in [6.07, 6.45) is 10.7. The van der Waals surface area contributed by atoms with Gasteiger partial charge in [-0.3, -0.25) is 0 Å². The molecule has 0 amide bonds. The molecule has 0 spiro atoms. The number of hydrogen-bond donors (Lipinski definition) is 0. The summed E-state index contributed by atoms with van der Waals surface area (Å²) >= 11 is 0. The fourth-order valence-corrected chi connectivity index (χ4v) is 1.50. The Labute approximate surface area is 51.3 Å². The van der Waals surface area contributed by atoms with E-state index in [-0.39, 0.29) is 0 Å². The van der Waals surface area contributed by atoms with Crippen molar-refractivity contribution in [2.45, 2.75) is 25.7 Å². The zero-order valence-electron chi connectivity index (χ0n) is 5.14. The zero-order valence-corrected chi connectivity index (χ0v) is 5.14. The maximum absolute atomic E-state index is 2.47. The van der Waals surface area contributed by atoms with E-state index in [0.29, 0.717) is 0 Å². The number of hydrogen-bond acceptors (Lipinski definition) is 0. The summed E-state index contributed by atoms with van der Waals surface area (Å²) in [5.74, 6) is 2.01. The van der Waals surface area contributed by atoms with Crippen molar-refractivity contribution in [3.8, 4) is 0 Å². The van der Waals surface area contributed by atoms with Crippen LogP contribution in [0.25, 0.3) is 0 Å². The lowest BCUT2D eigenvalue weighted by atomic mass is 9.67. The summed E-state index contributed by atoms with van der Waals surface area (Å²) in [6, 6.07) is 0. The van der Waals surface area contributed by atoms with Crippen molar-refractivity contribution in [2.75, 3.05) is 0 Å². The predicted octanol–water partition coefficient (Wildman–Crippen LogP) is 2.21. The monoisotopic (exact) mass is 108 g/mol. The van der Waals surface area contributed by atoms with Crippen LogP contribution in [-0.4, -0.2) is 0 Å². The van der Waals surface area contributed by atoms with Gasteiger partial charge in [-0.2, -0.15) is 6.42 Å². The topological polar surface area (TPSA) is 0 Å². The van der Waals surface area contributed by atoms with Gasteiger partial charge in [0.05, 0.1) is 18.8 Å². The lowest BCUT2D eigenvalue weighted by Crippen LogP contribution is -2.28. The molecule has 44 valence electrons. The Balaban J connectivity index is 1.79. The Bertz CT molecular complexity index is 66.0. The molecule has 0 N–H and O–H groups in total. The average molecular weight is 108 g/mol. The van der Waals surface area contributed by atoms with Gasteiger partial charge in [-0.15, -0.1) is 12.3 Å². The van der Waals surface area contributed by atoms with E-state index in [1.807, 2.05) is 0 Å². The fraction of sp³-hybridized carbons (Fsp3) is 0.750. The fourth-order valence-electron chi connectivity index (χ4n) is 1.50. The van der Waals surface area contributed by atoms with E-state index in [1.165, 1.54) is 25.7 Å². The maximum Gasteiger partial charge on any atom is 0.0920 e. The molecule has 0 heteroatoms. The standard InChI is InChI=1S/C8H12/c1-3-7(4-1)8-5-2-6-8/h3,5,7-8H,1-2,4,6H2. The second-order valence-corrected chi connectivity index (χ2v) is 2.95. The van der Waals surface area contributed by atoms with Crippen molar-refractivity contribution >= 4 is 0 Å². The zero-order chi connectivity index (χ0) is 5.40. The molecule has 0 aromatic heterocycles. The quantitative estimate of drug-likeness (QED) is 0.452. The van der Waals surface area contributed by atoms with Gasteiger partial charge < -0.3 is 6.42 Å². The molecule has 2 saturated carbocycles. The summed E-state index contributed by atoms with van der Waals surface area (Å²) < 4.78 is 0. The molecule has 2 atom stereocenters. The summed E-state index contributed by atoms with van der Waals surface area (Å²) in [5, 5.41) is 0. The molecule has 2 aliphatic carbocycles. The van der Waals surface area contributed by atoms with Gasteiger partial charge in [0.2, 0.25) is 0 Å². The third-order valence-electron chi connectivity index (χ3n) is 2.49. The molecule has 0 aromatic rings. The molecule has 0 nitrogen and oxygen atoms in total. The van der Waals surface area contributed by atoms with E-state index in [1.54, 1.807) is 0 Å². The molecule has 2 fully saturated rings. The Morgan fingerprint density at radius 2 is 2.12 bits per heavy atom. The first-order valence-electron chi connectivity index (χ1n) is 3.63. The highest BCUT2D eigenvalue weighted by atomic mass is 14.4. The summed E-state index contributed by atoms with van der Waals surface area (Å²) in [6.45, 7) is 0. The van der Waals surface area contributed by atoms with Crippen LogP contribution in [0.15, 0.2) is 0 Å². The van der Waals surface area contributed by atoms with Crippen LogP contribution in [0.4, 0.5) is 0 Å². The normalized spacial score (nSPS) is 44.0.